The summed E-state index contributed by atoms with van der Waals surface area (Å²) in [5, 5.41) is 0. The van der Waals surface area contributed by atoms with E-state index >= 15 is 0 Å². The molecule has 0 aliphatic rings. The first-order valence-corrected chi connectivity index (χ1v) is 3.81. The van der Waals surface area contributed by atoms with Crippen molar-refractivity contribution in [2.75, 3.05) is 19.7 Å². The van der Waals surface area contributed by atoms with E-state index in [9.17, 15) is 9.59 Å². The van der Waals surface area contributed by atoms with Crippen molar-refractivity contribution in [1.82, 2.24) is 4.90 Å². The quantitative estimate of drug-likeness (QED) is 0.649. The maximum absolute atomic E-state index is 11.0. The van der Waals surface area contributed by atoms with Crippen LogP contribution >= 0.6 is 0 Å². The maximum atomic E-state index is 11.0. The van der Waals surface area contributed by atoms with Gasteiger partial charge in [0, 0.05) is 6.54 Å². The van der Waals surface area contributed by atoms with Crippen LogP contribution in [0.1, 0.15) is 13.8 Å². The lowest BCUT2D eigenvalue weighted by atomic mass is 10.5. The SMILES string of the molecule is CCOC(=O)N(CC)CC(N)=O. The predicted molar refractivity (Wildman–Crippen MR) is 43.5 cm³/mol. The van der Waals surface area contributed by atoms with Crippen LogP contribution in [0.5, 0.6) is 0 Å². The Kier molecular flexibility index (Phi) is 4.83. The number of nitrogens with zero attached hydrogens (tertiary/aromatic N) is 1. The van der Waals surface area contributed by atoms with Gasteiger partial charge in [0.15, 0.2) is 0 Å². The van der Waals surface area contributed by atoms with Crippen LogP contribution < -0.4 is 5.73 Å². The summed E-state index contributed by atoms with van der Waals surface area (Å²) < 4.78 is 4.68. The van der Waals surface area contributed by atoms with Gasteiger partial charge >= 0.3 is 6.09 Å². The lowest BCUT2D eigenvalue weighted by Gasteiger charge is -2.17. The lowest BCUT2D eigenvalue weighted by molar-refractivity contribution is -0.118. The van der Waals surface area contributed by atoms with Gasteiger partial charge in [-0.2, -0.15) is 0 Å². The molecule has 0 fully saturated rings. The second-order valence-electron chi connectivity index (χ2n) is 2.18. The molecule has 0 aliphatic carbocycles. The fourth-order valence-electron chi connectivity index (χ4n) is 0.708. The highest BCUT2D eigenvalue weighted by Crippen LogP contribution is 1.92. The highest BCUT2D eigenvalue weighted by molar-refractivity contribution is 5.80. The second-order valence-corrected chi connectivity index (χ2v) is 2.18. The van der Waals surface area contributed by atoms with E-state index in [-0.39, 0.29) is 6.54 Å². The first-order chi connectivity index (χ1) is 5.61. The molecule has 0 radical (unpaired) electrons. The minimum absolute atomic E-state index is 0.0880. The summed E-state index contributed by atoms with van der Waals surface area (Å²) in [5.41, 5.74) is 4.91. The first kappa shape index (κ1) is 10.7. The fraction of sp³-hybridized carbons (Fsp3) is 0.714. The van der Waals surface area contributed by atoms with Gasteiger partial charge in [0.2, 0.25) is 5.91 Å². The number of amides is 2. The van der Waals surface area contributed by atoms with Crippen molar-refractivity contribution >= 4 is 12.0 Å². The number of carbonyl (C=O) groups excluding carboxylic acids is 2. The van der Waals surface area contributed by atoms with Crippen molar-refractivity contribution in [2.45, 2.75) is 13.8 Å². The molecule has 2 N–H and O–H groups in total. The largest absolute Gasteiger partial charge is 0.450 e. The summed E-state index contributed by atoms with van der Waals surface area (Å²) in [7, 11) is 0. The third-order valence-electron chi connectivity index (χ3n) is 1.25. The van der Waals surface area contributed by atoms with Crippen LogP contribution in [-0.2, 0) is 9.53 Å². The van der Waals surface area contributed by atoms with E-state index in [0.717, 1.165) is 0 Å². The number of rotatable bonds is 4. The zero-order valence-electron chi connectivity index (χ0n) is 7.37. The standard InChI is InChI=1S/C7H14N2O3/c1-3-9(5-6(8)10)7(11)12-4-2/h3-5H2,1-2H3,(H2,8,10). The van der Waals surface area contributed by atoms with E-state index < -0.39 is 12.0 Å². The number of likely N-dealkylation sites (N-methyl/N-ethyl adjacent to an activating group) is 1. The van der Waals surface area contributed by atoms with E-state index in [1.807, 2.05) is 0 Å². The molecule has 0 saturated heterocycles. The Hall–Kier alpha value is -1.26. The van der Waals surface area contributed by atoms with Gasteiger partial charge in [-0.15, -0.1) is 0 Å². The van der Waals surface area contributed by atoms with Gasteiger partial charge < -0.3 is 10.5 Å². The number of ether oxygens (including phenoxy) is 1. The summed E-state index contributed by atoms with van der Waals surface area (Å²) >= 11 is 0. The molecule has 0 unspecified atom stereocenters. The van der Waals surface area contributed by atoms with Crippen molar-refractivity contribution in [3.8, 4) is 0 Å². The van der Waals surface area contributed by atoms with E-state index in [0.29, 0.717) is 13.2 Å². The van der Waals surface area contributed by atoms with Gasteiger partial charge in [-0.3, -0.25) is 9.69 Å². The molecule has 5 nitrogen and oxygen atoms in total. The van der Waals surface area contributed by atoms with Gasteiger partial charge in [-0.1, -0.05) is 0 Å². The summed E-state index contributed by atoms with van der Waals surface area (Å²) in [4.78, 5) is 22.7. The lowest BCUT2D eigenvalue weighted by Crippen LogP contribution is -2.38. The molecule has 70 valence electrons. The average Bonchev–Trinajstić information content (AvgIpc) is 2.00. The molecule has 0 spiro atoms. The maximum Gasteiger partial charge on any atom is 0.410 e. The Bertz CT molecular complexity index is 170. The Morgan fingerprint density at radius 1 is 1.42 bits per heavy atom. The van der Waals surface area contributed by atoms with Crippen LogP contribution in [0.25, 0.3) is 0 Å². The summed E-state index contributed by atoms with van der Waals surface area (Å²) in [6.07, 6.45) is -0.501. The number of hydrogen-bond acceptors (Lipinski definition) is 3. The summed E-state index contributed by atoms with van der Waals surface area (Å²) in [6.45, 7) is 4.08. The Balaban J connectivity index is 3.96. The van der Waals surface area contributed by atoms with Crippen LogP contribution in [0.3, 0.4) is 0 Å². The Morgan fingerprint density at radius 3 is 2.33 bits per heavy atom. The third kappa shape index (κ3) is 3.80. The molecule has 5 heteroatoms. The van der Waals surface area contributed by atoms with Crippen molar-refractivity contribution in [2.24, 2.45) is 5.73 Å². The normalized spacial score (nSPS) is 9.17. The van der Waals surface area contributed by atoms with Gasteiger partial charge in [0.25, 0.3) is 0 Å². The zero-order valence-corrected chi connectivity index (χ0v) is 7.37. The summed E-state index contributed by atoms with van der Waals surface area (Å²) in [6, 6.07) is 0. The smallest absolute Gasteiger partial charge is 0.410 e. The predicted octanol–water partition coefficient (Wildman–Crippen LogP) is -0.0499. The fourth-order valence-corrected chi connectivity index (χ4v) is 0.708. The molecular weight excluding hydrogens is 160 g/mol. The number of primary amides is 1. The first-order valence-electron chi connectivity index (χ1n) is 3.81. The van der Waals surface area contributed by atoms with E-state index in [1.165, 1.54) is 4.90 Å². The molecule has 0 rings (SSSR count). The Labute approximate surface area is 71.5 Å². The van der Waals surface area contributed by atoms with Crippen LogP contribution in [0.2, 0.25) is 0 Å². The van der Waals surface area contributed by atoms with E-state index in [1.54, 1.807) is 13.8 Å². The van der Waals surface area contributed by atoms with Crippen molar-refractivity contribution in [3.05, 3.63) is 0 Å². The number of carbonyl (C=O) groups is 2. The molecule has 0 aromatic rings. The Morgan fingerprint density at radius 2 is 2.00 bits per heavy atom. The van der Waals surface area contributed by atoms with Gasteiger partial charge in [0.1, 0.15) is 6.54 Å². The summed E-state index contributed by atoms with van der Waals surface area (Å²) in [5.74, 6) is -0.537. The van der Waals surface area contributed by atoms with Crippen LogP contribution in [-0.4, -0.2) is 36.6 Å². The van der Waals surface area contributed by atoms with Crippen molar-refractivity contribution in [3.63, 3.8) is 0 Å². The molecule has 12 heavy (non-hydrogen) atoms. The molecule has 0 heterocycles. The van der Waals surface area contributed by atoms with Crippen LogP contribution in [0.4, 0.5) is 4.79 Å². The molecule has 0 aromatic heterocycles. The monoisotopic (exact) mass is 174 g/mol. The average molecular weight is 174 g/mol. The molecule has 0 aromatic carbocycles. The van der Waals surface area contributed by atoms with Crippen LogP contribution in [0, 0.1) is 0 Å². The molecule has 0 aliphatic heterocycles. The van der Waals surface area contributed by atoms with Gasteiger partial charge in [-0.05, 0) is 13.8 Å². The van der Waals surface area contributed by atoms with Crippen molar-refractivity contribution < 1.29 is 14.3 Å². The highest BCUT2D eigenvalue weighted by atomic mass is 16.6. The zero-order chi connectivity index (χ0) is 9.56. The topological polar surface area (TPSA) is 72.6 Å². The molecule has 2 amide bonds. The van der Waals surface area contributed by atoms with Crippen LogP contribution in [0.15, 0.2) is 0 Å². The highest BCUT2D eigenvalue weighted by Gasteiger charge is 2.13. The van der Waals surface area contributed by atoms with Gasteiger partial charge in [-0.25, -0.2) is 4.79 Å². The third-order valence-corrected chi connectivity index (χ3v) is 1.25. The van der Waals surface area contributed by atoms with E-state index in [4.69, 9.17) is 5.73 Å². The molecule has 0 saturated carbocycles. The minimum Gasteiger partial charge on any atom is -0.450 e. The second kappa shape index (κ2) is 5.40. The minimum atomic E-state index is -0.537. The number of nitrogens with two attached hydrogens (primary N) is 1. The molecule has 0 atom stereocenters. The molecule has 0 bridgehead atoms. The van der Waals surface area contributed by atoms with Crippen molar-refractivity contribution in [1.29, 1.82) is 0 Å². The number of hydrogen-bond donors (Lipinski definition) is 1. The van der Waals surface area contributed by atoms with Gasteiger partial charge in [0.05, 0.1) is 6.61 Å². The van der Waals surface area contributed by atoms with E-state index in [2.05, 4.69) is 4.74 Å². The molecular formula is C7H14N2O3.